The van der Waals surface area contributed by atoms with E-state index in [1.807, 2.05) is 80.5 Å². The van der Waals surface area contributed by atoms with Crippen LogP contribution in [0.3, 0.4) is 0 Å². The van der Waals surface area contributed by atoms with Gasteiger partial charge in [-0.1, -0.05) is 66.2 Å². The van der Waals surface area contributed by atoms with Crippen LogP contribution in [0.25, 0.3) is 12.2 Å². The highest BCUT2D eigenvalue weighted by molar-refractivity contribution is 6.11. The zero-order valence-corrected chi connectivity index (χ0v) is 22.7. The lowest BCUT2D eigenvalue weighted by atomic mass is 10.1. The Morgan fingerprint density at radius 2 is 1.32 bits per heavy atom. The van der Waals surface area contributed by atoms with Crippen LogP contribution < -0.4 is 15.5 Å². The van der Waals surface area contributed by atoms with Crippen molar-refractivity contribution in [1.29, 1.82) is 0 Å². The molecule has 0 heterocycles. The highest BCUT2D eigenvalue weighted by atomic mass is 16.2. The summed E-state index contributed by atoms with van der Waals surface area (Å²) in [5.74, 6) is -1.03. The molecule has 0 aliphatic rings. The van der Waals surface area contributed by atoms with E-state index in [0.717, 1.165) is 22.4 Å². The minimum absolute atomic E-state index is 0.0904. The molecule has 0 radical (unpaired) electrons. The summed E-state index contributed by atoms with van der Waals surface area (Å²) < 4.78 is 0. The molecule has 4 rings (SSSR count). The summed E-state index contributed by atoms with van der Waals surface area (Å²) >= 11 is 0. The van der Waals surface area contributed by atoms with Gasteiger partial charge in [0, 0.05) is 36.6 Å². The van der Waals surface area contributed by atoms with Gasteiger partial charge in [-0.05, 0) is 78.7 Å². The smallest absolute Gasteiger partial charge is 0.272 e. The van der Waals surface area contributed by atoms with E-state index in [1.165, 1.54) is 6.08 Å². The molecule has 0 atom stereocenters. The summed E-state index contributed by atoms with van der Waals surface area (Å²) in [6, 6.07) is 30.8. The first-order chi connectivity index (χ1) is 19.3. The van der Waals surface area contributed by atoms with Crippen LogP contribution in [-0.4, -0.2) is 31.7 Å². The maximum absolute atomic E-state index is 13.3. The van der Waals surface area contributed by atoms with Gasteiger partial charge in [-0.2, -0.15) is 0 Å². The van der Waals surface area contributed by atoms with E-state index in [2.05, 4.69) is 10.6 Å². The summed E-state index contributed by atoms with van der Waals surface area (Å²) in [7, 11) is 3.89. The van der Waals surface area contributed by atoms with Crippen molar-refractivity contribution >= 4 is 41.1 Å². The molecule has 4 aromatic rings. The number of anilines is 2. The predicted octanol–water partition coefficient (Wildman–Crippen LogP) is 6.37. The summed E-state index contributed by atoms with van der Waals surface area (Å²) in [5, 5.41) is 5.56. The minimum Gasteiger partial charge on any atom is -0.378 e. The van der Waals surface area contributed by atoms with Crippen molar-refractivity contribution in [1.82, 2.24) is 5.32 Å². The van der Waals surface area contributed by atoms with Crippen LogP contribution in [0.4, 0.5) is 11.4 Å². The van der Waals surface area contributed by atoms with E-state index in [1.54, 1.807) is 60.7 Å². The lowest BCUT2D eigenvalue weighted by Crippen LogP contribution is -2.30. The van der Waals surface area contributed by atoms with Gasteiger partial charge in [0.15, 0.2) is 5.78 Å². The Morgan fingerprint density at radius 3 is 1.95 bits per heavy atom. The fraction of sp³-hybridized carbons (Fsp3) is 0.0882. The number of hydrogen-bond acceptors (Lipinski definition) is 4. The average Bonchev–Trinajstić information content (AvgIpc) is 2.97. The van der Waals surface area contributed by atoms with E-state index in [4.69, 9.17) is 0 Å². The number of allylic oxidation sites excluding steroid dienone is 1. The van der Waals surface area contributed by atoms with E-state index in [0.29, 0.717) is 16.8 Å². The second-order valence-electron chi connectivity index (χ2n) is 9.50. The van der Waals surface area contributed by atoms with Crippen LogP contribution in [0.5, 0.6) is 0 Å². The van der Waals surface area contributed by atoms with Crippen LogP contribution in [0, 0.1) is 6.92 Å². The maximum atomic E-state index is 13.3. The summed E-state index contributed by atoms with van der Waals surface area (Å²) in [6.45, 7) is 2.01. The molecule has 4 aromatic carbocycles. The minimum atomic E-state index is -0.487. The van der Waals surface area contributed by atoms with Crippen molar-refractivity contribution in [3.63, 3.8) is 0 Å². The van der Waals surface area contributed by atoms with Gasteiger partial charge in [-0.15, -0.1) is 0 Å². The monoisotopic (exact) mass is 529 g/mol. The fourth-order valence-corrected chi connectivity index (χ4v) is 3.84. The molecule has 0 aromatic heterocycles. The van der Waals surface area contributed by atoms with Crippen LogP contribution in [0.1, 0.15) is 37.4 Å². The van der Waals surface area contributed by atoms with Crippen molar-refractivity contribution in [2.45, 2.75) is 6.92 Å². The zero-order valence-electron chi connectivity index (χ0n) is 22.7. The second kappa shape index (κ2) is 13.0. The summed E-state index contributed by atoms with van der Waals surface area (Å²) in [6.07, 6.45) is 4.93. The first-order valence-electron chi connectivity index (χ1n) is 12.8. The van der Waals surface area contributed by atoms with Crippen LogP contribution in [0.2, 0.25) is 0 Å². The lowest BCUT2D eigenvalue weighted by molar-refractivity contribution is -0.113. The van der Waals surface area contributed by atoms with Gasteiger partial charge in [0.05, 0.1) is 0 Å². The molecule has 200 valence electrons. The number of benzene rings is 4. The Balaban J connectivity index is 1.50. The summed E-state index contributed by atoms with van der Waals surface area (Å²) in [4.78, 5) is 40.7. The maximum Gasteiger partial charge on any atom is 0.272 e. The van der Waals surface area contributed by atoms with Crippen LogP contribution in [0.15, 0.2) is 115 Å². The SMILES string of the molecule is Cc1ccc(/C=C/C(=O)c2ccc(NC(=O)/C(=C/c3ccc(N(C)C)cc3)NC(=O)c3ccccc3)cc2)cc1. The number of nitrogens with zero attached hydrogens (tertiary/aromatic N) is 1. The molecule has 6 nitrogen and oxygen atoms in total. The van der Waals surface area contributed by atoms with E-state index in [9.17, 15) is 14.4 Å². The number of carbonyl (C=O) groups excluding carboxylic acids is 3. The Morgan fingerprint density at radius 1 is 0.700 bits per heavy atom. The average molecular weight is 530 g/mol. The molecular formula is C34H31N3O3. The molecule has 0 saturated heterocycles. The number of ketones is 1. The van der Waals surface area contributed by atoms with Gasteiger partial charge in [0.25, 0.3) is 11.8 Å². The Kier molecular flexibility index (Phi) is 9.05. The topological polar surface area (TPSA) is 78.5 Å². The Bertz CT molecular complexity index is 1540. The van der Waals surface area contributed by atoms with E-state index < -0.39 is 11.8 Å². The molecule has 6 heteroatoms. The van der Waals surface area contributed by atoms with Gasteiger partial charge < -0.3 is 15.5 Å². The number of amides is 2. The first kappa shape index (κ1) is 27.8. The van der Waals surface area contributed by atoms with Gasteiger partial charge in [0.1, 0.15) is 5.70 Å². The zero-order chi connectivity index (χ0) is 28.5. The second-order valence-corrected chi connectivity index (χ2v) is 9.50. The molecule has 0 aliphatic heterocycles. The van der Waals surface area contributed by atoms with Crippen molar-refractivity contribution in [3.8, 4) is 0 Å². The normalized spacial score (nSPS) is 11.2. The number of aryl methyl sites for hydroxylation is 1. The molecular weight excluding hydrogens is 498 g/mol. The predicted molar refractivity (Wildman–Crippen MR) is 162 cm³/mol. The number of nitrogens with one attached hydrogen (secondary N) is 2. The molecule has 0 fully saturated rings. The third kappa shape index (κ3) is 7.65. The molecule has 40 heavy (non-hydrogen) atoms. The van der Waals surface area contributed by atoms with Gasteiger partial charge in [0.2, 0.25) is 0 Å². The molecule has 2 amide bonds. The Labute approximate surface area is 234 Å². The number of rotatable bonds is 9. The van der Waals surface area contributed by atoms with E-state index >= 15 is 0 Å². The molecule has 0 spiro atoms. The van der Waals surface area contributed by atoms with Crippen molar-refractivity contribution in [2.75, 3.05) is 24.3 Å². The standard InChI is InChI=1S/C34H31N3O3/c1-24-9-11-25(12-10-24)15-22-32(38)27-16-18-29(19-17-27)35-34(40)31(36-33(39)28-7-5-4-6-8-28)23-26-13-20-30(21-14-26)37(2)3/h4-23H,1-3H3,(H,35,40)(H,36,39)/b22-15+,31-23-. The summed E-state index contributed by atoms with van der Waals surface area (Å²) in [5.41, 5.74) is 5.38. The molecule has 0 saturated carbocycles. The number of carbonyl (C=O) groups is 3. The van der Waals surface area contributed by atoms with Crippen molar-refractivity contribution in [3.05, 3.63) is 143 Å². The first-order valence-corrected chi connectivity index (χ1v) is 12.8. The fourth-order valence-electron chi connectivity index (χ4n) is 3.84. The van der Waals surface area contributed by atoms with Crippen LogP contribution in [-0.2, 0) is 4.79 Å². The highest BCUT2D eigenvalue weighted by Crippen LogP contribution is 2.17. The van der Waals surface area contributed by atoms with Crippen molar-refractivity contribution in [2.24, 2.45) is 0 Å². The van der Waals surface area contributed by atoms with E-state index in [-0.39, 0.29) is 11.5 Å². The van der Waals surface area contributed by atoms with Crippen molar-refractivity contribution < 1.29 is 14.4 Å². The van der Waals surface area contributed by atoms with Gasteiger partial charge in [-0.25, -0.2) is 0 Å². The molecule has 0 bridgehead atoms. The van der Waals surface area contributed by atoms with Gasteiger partial charge in [-0.3, -0.25) is 14.4 Å². The lowest BCUT2D eigenvalue weighted by Gasteiger charge is -2.13. The third-order valence-electron chi connectivity index (χ3n) is 6.18. The largest absolute Gasteiger partial charge is 0.378 e. The molecule has 0 aliphatic carbocycles. The highest BCUT2D eigenvalue weighted by Gasteiger charge is 2.15. The third-order valence-corrected chi connectivity index (χ3v) is 6.18. The van der Waals surface area contributed by atoms with Crippen LogP contribution >= 0.6 is 0 Å². The quantitative estimate of drug-likeness (QED) is 0.195. The molecule has 2 N–H and O–H groups in total. The molecule has 0 unspecified atom stereocenters. The van der Waals surface area contributed by atoms with Gasteiger partial charge >= 0.3 is 0 Å². The number of hydrogen-bond donors (Lipinski definition) is 2. The Hall–Kier alpha value is -5.23.